The number of morpholine rings is 1. The largest absolute Gasteiger partial charge is 0.451 e. The highest BCUT2D eigenvalue weighted by atomic mass is 32.1. The summed E-state index contributed by atoms with van der Waals surface area (Å²) in [5, 5.41) is 1.78. The predicted molar refractivity (Wildman–Crippen MR) is 118 cm³/mol. The Hall–Kier alpha value is -3.23. The highest BCUT2D eigenvalue weighted by molar-refractivity contribution is 7.20. The number of carbonyl (C=O) groups is 2. The first-order valence-corrected chi connectivity index (χ1v) is 10.8. The van der Waals surface area contributed by atoms with Crippen molar-refractivity contribution in [3.05, 3.63) is 64.9 Å². The number of aromatic nitrogens is 1. The number of amides is 2. The van der Waals surface area contributed by atoms with E-state index in [1.807, 2.05) is 36.4 Å². The molecule has 7 nitrogen and oxygen atoms in total. The number of carbonyl (C=O) groups excluding carboxylic acids is 2. The Balaban J connectivity index is 1.49. The zero-order valence-electron chi connectivity index (χ0n) is 17.2. The Morgan fingerprint density at radius 1 is 1.19 bits per heavy atom. The molecule has 3 aromatic heterocycles. The molecular formula is C23H21N3O4S. The highest BCUT2D eigenvalue weighted by Crippen LogP contribution is 2.38. The minimum Gasteiger partial charge on any atom is -0.451 e. The number of furan rings is 1. The van der Waals surface area contributed by atoms with Crippen LogP contribution in [-0.4, -0.2) is 60.4 Å². The van der Waals surface area contributed by atoms with Crippen LogP contribution in [0.4, 0.5) is 0 Å². The first-order valence-electron chi connectivity index (χ1n) is 10.0. The maximum absolute atomic E-state index is 13.2. The Bertz CT molecular complexity index is 1260. The molecular weight excluding hydrogens is 414 g/mol. The summed E-state index contributed by atoms with van der Waals surface area (Å²) in [4.78, 5) is 35.1. The van der Waals surface area contributed by atoms with E-state index < -0.39 is 6.10 Å². The van der Waals surface area contributed by atoms with E-state index in [2.05, 4.69) is 4.98 Å². The maximum Gasteiger partial charge on any atom is 0.289 e. The predicted octanol–water partition coefficient (Wildman–Crippen LogP) is 3.96. The van der Waals surface area contributed by atoms with Gasteiger partial charge in [-0.1, -0.05) is 24.3 Å². The SMILES string of the molecule is CN(C)C(=O)c1sc2ncccc2c1C1CN(C(=O)c2cc3ccccc3o2)CCO1. The molecule has 0 N–H and O–H groups in total. The number of ether oxygens (including phenoxy) is 1. The number of thiophene rings is 1. The van der Waals surface area contributed by atoms with Gasteiger partial charge in [0.1, 0.15) is 21.4 Å². The second-order valence-electron chi connectivity index (χ2n) is 7.66. The van der Waals surface area contributed by atoms with Crippen LogP contribution >= 0.6 is 11.3 Å². The molecule has 1 saturated heterocycles. The van der Waals surface area contributed by atoms with E-state index in [1.165, 1.54) is 11.3 Å². The molecule has 158 valence electrons. The van der Waals surface area contributed by atoms with E-state index in [0.717, 1.165) is 21.2 Å². The second kappa shape index (κ2) is 7.79. The number of pyridine rings is 1. The monoisotopic (exact) mass is 435 g/mol. The molecule has 0 saturated carbocycles. The van der Waals surface area contributed by atoms with Crippen LogP contribution in [0.2, 0.25) is 0 Å². The Labute approximate surface area is 182 Å². The van der Waals surface area contributed by atoms with Gasteiger partial charge in [-0.15, -0.1) is 11.3 Å². The van der Waals surface area contributed by atoms with Crippen LogP contribution < -0.4 is 0 Å². The lowest BCUT2D eigenvalue weighted by Gasteiger charge is -2.33. The van der Waals surface area contributed by atoms with Gasteiger partial charge in [0, 0.05) is 43.2 Å². The molecule has 1 aliphatic heterocycles. The molecule has 1 aliphatic rings. The summed E-state index contributed by atoms with van der Waals surface area (Å²) < 4.78 is 11.8. The molecule has 0 radical (unpaired) electrons. The molecule has 0 bridgehead atoms. The van der Waals surface area contributed by atoms with Crippen LogP contribution in [0.5, 0.6) is 0 Å². The van der Waals surface area contributed by atoms with E-state index >= 15 is 0 Å². The first-order chi connectivity index (χ1) is 15.0. The number of rotatable bonds is 3. The van der Waals surface area contributed by atoms with E-state index in [9.17, 15) is 9.59 Å². The number of hydrogen-bond donors (Lipinski definition) is 0. The summed E-state index contributed by atoms with van der Waals surface area (Å²) in [7, 11) is 3.45. The molecule has 1 atom stereocenters. The third kappa shape index (κ3) is 3.47. The van der Waals surface area contributed by atoms with Gasteiger partial charge in [0.05, 0.1) is 13.2 Å². The van der Waals surface area contributed by atoms with Gasteiger partial charge in [-0.05, 0) is 18.2 Å². The van der Waals surface area contributed by atoms with Crippen LogP contribution in [0.15, 0.2) is 53.1 Å². The van der Waals surface area contributed by atoms with Gasteiger partial charge < -0.3 is 19.0 Å². The standard InChI is InChI=1S/C23H21N3O4S/c1-25(2)23(28)20-19(15-7-5-9-24-21(15)31-20)18-13-26(10-11-29-18)22(27)17-12-14-6-3-4-8-16(14)30-17/h3-9,12,18H,10-11,13H2,1-2H3. The molecule has 1 aromatic carbocycles. The number of benzene rings is 1. The lowest BCUT2D eigenvalue weighted by atomic mass is 10.0. The molecule has 0 spiro atoms. The number of fused-ring (bicyclic) bond motifs is 2. The lowest BCUT2D eigenvalue weighted by Crippen LogP contribution is -2.42. The molecule has 2 amide bonds. The van der Waals surface area contributed by atoms with Crippen molar-refractivity contribution in [3.63, 3.8) is 0 Å². The van der Waals surface area contributed by atoms with Crippen molar-refractivity contribution in [2.45, 2.75) is 6.10 Å². The normalized spacial score (nSPS) is 16.7. The summed E-state index contributed by atoms with van der Waals surface area (Å²) in [6.07, 6.45) is 1.30. The van der Waals surface area contributed by atoms with E-state index in [-0.39, 0.29) is 11.8 Å². The zero-order valence-corrected chi connectivity index (χ0v) is 18.0. The zero-order chi connectivity index (χ0) is 21.5. The molecule has 0 aliphatic carbocycles. The average molecular weight is 436 g/mol. The van der Waals surface area contributed by atoms with Crippen LogP contribution in [0.1, 0.15) is 31.9 Å². The number of nitrogens with zero attached hydrogens (tertiary/aromatic N) is 3. The van der Waals surface area contributed by atoms with E-state index in [1.54, 1.807) is 36.2 Å². The van der Waals surface area contributed by atoms with Crippen molar-refractivity contribution < 1.29 is 18.7 Å². The van der Waals surface area contributed by atoms with Crippen LogP contribution in [0, 0.1) is 0 Å². The Morgan fingerprint density at radius 2 is 2.03 bits per heavy atom. The smallest absolute Gasteiger partial charge is 0.289 e. The number of para-hydroxylation sites is 1. The highest BCUT2D eigenvalue weighted by Gasteiger charge is 2.33. The molecule has 1 fully saturated rings. The number of hydrogen-bond acceptors (Lipinski definition) is 6. The van der Waals surface area contributed by atoms with E-state index in [4.69, 9.17) is 9.15 Å². The first kappa shape index (κ1) is 19.7. The van der Waals surface area contributed by atoms with E-state index in [0.29, 0.717) is 35.9 Å². The quantitative estimate of drug-likeness (QED) is 0.487. The minimum atomic E-state index is -0.418. The summed E-state index contributed by atoms with van der Waals surface area (Å²) in [5.41, 5.74) is 1.48. The summed E-state index contributed by atoms with van der Waals surface area (Å²) in [6, 6.07) is 13.1. The van der Waals surface area contributed by atoms with Crippen molar-refractivity contribution in [1.82, 2.24) is 14.8 Å². The van der Waals surface area contributed by atoms with Crippen molar-refractivity contribution in [2.75, 3.05) is 33.8 Å². The average Bonchev–Trinajstić information content (AvgIpc) is 3.39. The summed E-state index contributed by atoms with van der Waals surface area (Å²) >= 11 is 1.36. The molecule has 5 rings (SSSR count). The van der Waals surface area contributed by atoms with Crippen molar-refractivity contribution in [1.29, 1.82) is 0 Å². The van der Waals surface area contributed by atoms with Gasteiger partial charge >= 0.3 is 0 Å². The van der Waals surface area contributed by atoms with Crippen molar-refractivity contribution in [3.8, 4) is 0 Å². The minimum absolute atomic E-state index is 0.0951. The van der Waals surface area contributed by atoms with Gasteiger partial charge in [-0.3, -0.25) is 9.59 Å². The molecule has 4 heterocycles. The fraction of sp³-hybridized carbons (Fsp3) is 0.261. The summed E-state index contributed by atoms with van der Waals surface area (Å²) in [5.74, 6) is 0.0354. The van der Waals surface area contributed by atoms with Crippen LogP contribution in [0.25, 0.3) is 21.2 Å². The topological polar surface area (TPSA) is 75.9 Å². The summed E-state index contributed by atoms with van der Waals surface area (Å²) in [6.45, 7) is 1.18. The Morgan fingerprint density at radius 3 is 2.84 bits per heavy atom. The van der Waals surface area contributed by atoms with Crippen molar-refractivity contribution >= 4 is 44.3 Å². The maximum atomic E-state index is 13.2. The van der Waals surface area contributed by atoms with Gasteiger partial charge in [0.25, 0.3) is 11.8 Å². The fourth-order valence-electron chi connectivity index (χ4n) is 3.88. The molecule has 4 aromatic rings. The molecule has 31 heavy (non-hydrogen) atoms. The fourth-order valence-corrected chi connectivity index (χ4v) is 5.10. The van der Waals surface area contributed by atoms with Crippen LogP contribution in [-0.2, 0) is 4.74 Å². The van der Waals surface area contributed by atoms with Gasteiger partial charge in [0.2, 0.25) is 0 Å². The van der Waals surface area contributed by atoms with Gasteiger partial charge in [-0.2, -0.15) is 0 Å². The van der Waals surface area contributed by atoms with Crippen molar-refractivity contribution in [2.24, 2.45) is 0 Å². The third-order valence-electron chi connectivity index (χ3n) is 5.42. The third-order valence-corrected chi connectivity index (χ3v) is 6.53. The lowest BCUT2D eigenvalue weighted by molar-refractivity contribution is -0.0232. The van der Waals surface area contributed by atoms with Gasteiger partial charge in [-0.25, -0.2) is 4.98 Å². The van der Waals surface area contributed by atoms with Gasteiger partial charge in [0.15, 0.2) is 5.76 Å². The Kier molecular flexibility index (Phi) is 4.95. The van der Waals surface area contributed by atoms with Crippen LogP contribution in [0.3, 0.4) is 0 Å². The molecule has 8 heteroatoms. The second-order valence-corrected chi connectivity index (χ2v) is 8.66. The molecule has 1 unspecified atom stereocenters.